The van der Waals surface area contributed by atoms with Crippen LogP contribution in [0.1, 0.15) is 34.2 Å². The highest BCUT2D eigenvalue weighted by Crippen LogP contribution is 2.21. The molecular formula is C11H11F3N2O3. The molecule has 1 aromatic rings. The molecule has 19 heavy (non-hydrogen) atoms. The topological polar surface area (TPSA) is 79.3 Å². The first-order chi connectivity index (χ1) is 8.69. The molecule has 0 radical (unpaired) electrons. The van der Waals surface area contributed by atoms with Gasteiger partial charge < -0.3 is 10.4 Å². The van der Waals surface area contributed by atoms with Crippen LogP contribution in [0.15, 0.2) is 18.3 Å². The van der Waals surface area contributed by atoms with Crippen LogP contribution in [0.5, 0.6) is 0 Å². The molecule has 104 valence electrons. The number of pyridine rings is 1. The number of alkyl halides is 3. The first-order valence-corrected chi connectivity index (χ1v) is 5.26. The quantitative estimate of drug-likeness (QED) is 0.879. The first-order valence-electron chi connectivity index (χ1n) is 5.26. The van der Waals surface area contributed by atoms with E-state index in [0.717, 1.165) is 18.3 Å². The summed E-state index contributed by atoms with van der Waals surface area (Å²) in [6.07, 6.45) is -4.55. The number of hydrogen-bond acceptors (Lipinski definition) is 3. The molecule has 0 aromatic carbocycles. The van der Waals surface area contributed by atoms with E-state index in [-0.39, 0.29) is 11.3 Å². The number of carbonyl (C=O) groups excluding carboxylic acids is 1. The molecule has 0 fully saturated rings. The molecule has 0 saturated carbocycles. The van der Waals surface area contributed by atoms with Gasteiger partial charge >= 0.3 is 12.1 Å². The van der Waals surface area contributed by atoms with E-state index in [2.05, 4.69) is 10.3 Å². The standard InChI is InChI=1S/C11H11F3N2O3/c1-6(4-11(12,13)14)16-9(17)8-3-2-7(5-15-8)10(18)19/h2-3,5-6H,4H2,1H3,(H,16,17)(H,18,19). The van der Waals surface area contributed by atoms with Gasteiger partial charge in [-0.1, -0.05) is 0 Å². The van der Waals surface area contributed by atoms with E-state index in [9.17, 15) is 22.8 Å². The van der Waals surface area contributed by atoms with E-state index < -0.39 is 30.5 Å². The Balaban J connectivity index is 2.65. The number of carboxylic acids is 1. The Kier molecular flexibility index (Phi) is 4.47. The van der Waals surface area contributed by atoms with E-state index in [1.807, 2.05) is 0 Å². The summed E-state index contributed by atoms with van der Waals surface area (Å²) in [5, 5.41) is 10.8. The summed E-state index contributed by atoms with van der Waals surface area (Å²) in [7, 11) is 0. The average molecular weight is 276 g/mol. The van der Waals surface area contributed by atoms with Gasteiger partial charge in [-0.25, -0.2) is 4.79 Å². The van der Waals surface area contributed by atoms with Gasteiger partial charge in [0.25, 0.3) is 5.91 Å². The minimum Gasteiger partial charge on any atom is -0.478 e. The lowest BCUT2D eigenvalue weighted by Crippen LogP contribution is -2.36. The number of carbonyl (C=O) groups is 2. The van der Waals surface area contributed by atoms with Gasteiger partial charge in [-0.2, -0.15) is 13.2 Å². The minimum absolute atomic E-state index is 0.111. The fraction of sp³-hybridized carbons (Fsp3) is 0.364. The third kappa shape index (κ3) is 4.94. The molecule has 1 aromatic heterocycles. The Morgan fingerprint density at radius 3 is 2.47 bits per heavy atom. The fourth-order valence-corrected chi connectivity index (χ4v) is 1.35. The van der Waals surface area contributed by atoms with Gasteiger partial charge in [-0.3, -0.25) is 9.78 Å². The molecule has 0 spiro atoms. The second kappa shape index (κ2) is 5.68. The Bertz CT molecular complexity index is 471. The van der Waals surface area contributed by atoms with Gasteiger partial charge in [0.2, 0.25) is 0 Å². The van der Waals surface area contributed by atoms with Crippen LogP contribution in [0.25, 0.3) is 0 Å². The van der Waals surface area contributed by atoms with Crippen molar-refractivity contribution < 1.29 is 27.9 Å². The second-order valence-electron chi connectivity index (χ2n) is 3.93. The van der Waals surface area contributed by atoms with Crippen molar-refractivity contribution in [3.63, 3.8) is 0 Å². The summed E-state index contributed by atoms with van der Waals surface area (Å²) in [6, 6.07) is 1.20. The first kappa shape index (κ1) is 14.9. The summed E-state index contributed by atoms with van der Waals surface area (Å²) in [5.41, 5.74) is -0.251. The molecule has 1 heterocycles. The Hall–Kier alpha value is -2.12. The number of nitrogens with zero attached hydrogens (tertiary/aromatic N) is 1. The predicted octanol–water partition coefficient (Wildman–Crippen LogP) is 1.85. The number of amides is 1. The van der Waals surface area contributed by atoms with Gasteiger partial charge in [0.1, 0.15) is 5.69 Å². The summed E-state index contributed by atoms with van der Waals surface area (Å²) in [6.45, 7) is 1.22. The molecule has 1 unspecified atom stereocenters. The van der Waals surface area contributed by atoms with E-state index in [1.54, 1.807) is 0 Å². The number of halogens is 3. The van der Waals surface area contributed by atoms with Crippen molar-refractivity contribution in [1.29, 1.82) is 0 Å². The van der Waals surface area contributed by atoms with Crippen LogP contribution in [0, 0.1) is 0 Å². The number of aromatic nitrogens is 1. The molecule has 1 atom stereocenters. The lowest BCUT2D eigenvalue weighted by molar-refractivity contribution is -0.138. The number of carboxylic acid groups (broad SMARTS) is 1. The largest absolute Gasteiger partial charge is 0.478 e. The van der Waals surface area contributed by atoms with Crippen LogP contribution in [0.4, 0.5) is 13.2 Å². The molecule has 5 nitrogen and oxygen atoms in total. The van der Waals surface area contributed by atoms with Crippen molar-refractivity contribution in [2.75, 3.05) is 0 Å². The van der Waals surface area contributed by atoms with Crippen LogP contribution < -0.4 is 5.32 Å². The van der Waals surface area contributed by atoms with Gasteiger partial charge in [-0.15, -0.1) is 0 Å². The number of hydrogen-bond donors (Lipinski definition) is 2. The van der Waals surface area contributed by atoms with Crippen LogP contribution in [-0.2, 0) is 0 Å². The van der Waals surface area contributed by atoms with Crippen molar-refractivity contribution in [2.45, 2.75) is 25.6 Å². The van der Waals surface area contributed by atoms with Crippen LogP contribution in [0.3, 0.4) is 0 Å². The normalized spacial score (nSPS) is 12.8. The minimum atomic E-state index is -4.37. The number of nitrogens with one attached hydrogen (secondary N) is 1. The van der Waals surface area contributed by atoms with Gasteiger partial charge in [-0.05, 0) is 19.1 Å². The summed E-state index contributed by atoms with van der Waals surface area (Å²) in [4.78, 5) is 25.7. The smallest absolute Gasteiger partial charge is 0.391 e. The average Bonchev–Trinajstić information content (AvgIpc) is 2.26. The zero-order valence-corrected chi connectivity index (χ0v) is 9.86. The predicted molar refractivity (Wildman–Crippen MR) is 58.8 cm³/mol. The summed E-state index contributed by atoms with van der Waals surface area (Å²) < 4.78 is 36.2. The van der Waals surface area contributed by atoms with E-state index in [4.69, 9.17) is 5.11 Å². The van der Waals surface area contributed by atoms with E-state index in [0.29, 0.717) is 0 Å². The van der Waals surface area contributed by atoms with Gasteiger partial charge in [0.05, 0.1) is 12.0 Å². The molecule has 0 aliphatic rings. The maximum Gasteiger partial charge on any atom is 0.391 e. The zero-order chi connectivity index (χ0) is 14.6. The molecular weight excluding hydrogens is 265 g/mol. The van der Waals surface area contributed by atoms with Crippen molar-refractivity contribution >= 4 is 11.9 Å². The van der Waals surface area contributed by atoms with Crippen molar-refractivity contribution in [1.82, 2.24) is 10.3 Å². The number of rotatable bonds is 4. The van der Waals surface area contributed by atoms with Crippen LogP contribution in [0.2, 0.25) is 0 Å². The lowest BCUT2D eigenvalue weighted by atomic mass is 10.2. The summed E-state index contributed by atoms with van der Waals surface area (Å²) >= 11 is 0. The van der Waals surface area contributed by atoms with E-state index in [1.165, 1.54) is 6.92 Å². The van der Waals surface area contributed by atoms with Gasteiger partial charge in [0, 0.05) is 12.2 Å². The monoisotopic (exact) mass is 276 g/mol. The van der Waals surface area contributed by atoms with E-state index >= 15 is 0 Å². The molecule has 0 aliphatic heterocycles. The van der Waals surface area contributed by atoms with Crippen molar-refractivity contribution in [3.05, 3.63) is 29.6 Å². The maximum atomic E-state index is 12.1. The number of aromatic carboxylic acids is 1. The highest BCUT2D eigenvalue weighted by atomic mass is 19.4. The molecule has 0 aliphatic carbocycles. The maximum absolute atomic E-state index is 12.1. The molecule has 1 amide bonds. The second-order valence-corrected chi connectivity index (χ2v) is 3.93. The molecule has 8 heteroatoms. The Labute approximate surface area is 106 Å². The summed E-state index contributed by atoms with van der Waals surface area (Å²) in [5.74, 6) is -1.99. The van der Waals surface area contributed by atoms with Gasteiger partial charge in [0.15, 0.2) is 0 Å². The highest BCUT2D eigenvalue weighted by Gasteiger charge is 2.30. The zero-order valence-electron chi connectivity index (χ0n) is 9.86. The Morgan fingerprint density at radius 1 is 1.42 bits per heavy atom. The highest BCUT2D eigenvalue weighted by molar-refractivity contribution is 5.93. The third-order valence-electron chi connectivity index (χ3n) is 2.16. The third-order valence-corrected chi connectivity index (χ3v) is 2.16. The van der Waals surface area contributed by atoms with Crippen molar-refractivity contribution in [3.8, 4) is 0 Å². The molecule has 0 bridgehead atoms. The Morgan fingerprint density at radius 2 is 2.05 bits per heavy atom. The SMILES string of the molecule is CC(CC(F)(F)F)NC(=O)c1ccc(C(=O)O)cn1. The van der Waals surface area contributed by atoms with Crippen LogP contribution >= 0.6 is 0 Å². The molecule has 1 rings (SSSR count). The van der Waals surface area contributed by atoms with Crippen molar-refractivity contribution in [2.24, 2.45) is 0 Å². The molecule has 0 saturated heterocycles. The molecule has 2 N–H and O–H groups in total. The lowest BCUT2D eigenvalue weighted by Gasteiger charge is -2.15. The fourth-order valence-electron chi connectivity index (χ4n) is 1.35. The van der Waals surface area contributed by atoms with Crippen LogP contribution in [-0.4, -0.2) is 34.2 Å².